The Morgan fingerprint density at radius 2 is 1.48 bits per heavy atom. The van der Waals surface area contributed by atoms with Crippen LogP contribution < -0.4 is 24.4 Å². The third-order valence-corrected chi connectivity index (χ3v) is 6.91. The number of carbonyl (C=O) groups excluding carboxylic acids is 3. The van der Waals surface area contributed by atoms with Crippen molar-refractivity contribution in [2.75, 3.05) is 12.0 Å². The molecule has 0 aliphatic carbocycles. The van der Waals surface area contributed by atoms with Gasteiger partial charge in [-0.25, -0.2) is 9.69 Å². The van der Waals surface area contributed by atoms with Gasteiger partial charge in [0.2, 0.25) is 0 Å². The smallest absolute Gasteiger partial charge is 0.335 e. The van der Waals surface area contributed by atoms with Gasteiger partial charge in [0.1, 0.15) is 24.5 Å². The van der Waals surface area contributed by atoms with E-state index in [0.29, 0.717) is 41.7 Å². The minimum absolute atomic E-state index is 0.136. The predicted octanol–water partition coefficient (Wildman–Crippen LogP) is 6.14. The number of anilines is 1. The van der Waals surface area contributed by atoms with Crippen LogP contribution in [-0.2, 0) is 22.8 Å². The number of nitrogens with zero attached hydrogens (tertiary/aromatic N) is 1. The highest BCUT2D eigenvalue weighted by molar-refractivity contribution is 6.39. The molecule has 8 heteroatoms. The van der Waals surface area contributed by atoms with Crippen LogP contribution in [0.15, 0.2) is 96.6 Å². The first-order chi connectivity index (χ1) is 20.3. The maximum Gasteiger partial charge on any atom is 0.335 e. The van der Waals surface area contributed by atoms with Crippen LogP contribution in [0.2, 0.25) is 0 Å². The minimum Gasteiger partial charge on any atom is -0.493 e. The van der Waals surface area contributed by atoms with Gasteiger partial charge in [0.25, 0.3) is 11.8 Å². The molecule has 0 bridgehead atoms. The largest absolute Gasteiger partial charge is 0.493 e. The molecule has 0 atom stereocenters. The van der Waals surface area contributed by atoms with Crippen molar-refractivity contribution in [1.82, 2.24) is 5.32 Å². The molecule has 212 valence electrons. The molecule has 1 N–H and O–H groups in total. The summed E-state index contributed by atoms with van der Waals surface area (Å²) in [6.45, 7) is 4.56. The Kier molecular flexibility index (Phi) is 8.34. The van der Waals surface area contributed by atoms with Crippen molar-refractivity contribution in [2.45, 2.75) is 27.1 Å². The monoisotopic (exact) mass is 562 g/mol. The van der Waals surface area contributed by atoms with Gasteiger partial charge in [0.05, 0.1) is 12.8 Å². The number of carbonyl (C=O) groups is 3. The highest BCUT2D eigenvalue weighted by Gasteiger charge is 2.36. The minimum atomic E-state index is -0.776. The summed E-state index contributed by atoms with van der Waals surface area (Å²) in [5.41, 5.74) is 4.78. The number of methoxy groups -OCH3 is 1. The van der Waals surface area contributed by atoms with Crippen molar-refractivity contribution in [1.29, 1.82) is 0 Å². The molecule has 1 heterocycles. The molecule has 1 aliphatic heterocycles. The van der Waals surface area contributed by atoms with Crippen molar-refractivity contribution in [3.8, 4) is 17.2 Å². The SMILES string of the molecule is COc1cc(COc2ccc(/C=C3/C(=O)NC(=O)N(c4ccc(C)c(C)c4)C3=O)cc2)ccc1OCc1ccccc1. The van der Waals surface area contributed by atoms with Gasteiger partial charge >= 0.3 is 6.03 Å². The molecule has 1 fully saturated rings. The molecule has 0 aromatic heterocycles. The summed E-state index contributed by atoms with van der Waals surface area (Å²) in [6.07, 6.45) is 1.46. The number of urea groups is 1. The lowest BCUT2D eigenvalue weighted by Gasteiger charge is -2.26. The molecule has 8 nitrogen and oxygen atoms in total. The number of amides is 4. The van der Waals surface area contributed by atoms with Gasteiger partial charge in [-0.05, 0) is 84.1 Å². The molecule has 4 amide bonds. The molecule has 4 aromatic carbocycles. The van der Waals surface area contributed by atoms with Gasteiger partial charge in [-0.2, -0.15) is 0 Å². The number of barbiturate groups is 1. The second kappa shape index (κ2) is 12.4. The molecule has 1 saturated heterocycles. The lowest BCUT2D eigenvalue weighted by molar-refractivity contribution is -0.122. The average Bonchev–Trinajstić information content (AvgIpc) is 3.00. The quantitative estimate of drug-likeness (QED) is 0.195. The Labute approximate surface area is 244 Å². The summed E-state index contributed by atoms with van der Waals surface area (Å²) in [4.78, 5) is 39.2. The molecule has 0 unspecified atom stereocenters. The van der Waals surface area contributed by atoms with E-state index in [2.05, 4.69) is 5.32 Å². The Morgan fingerprint density at radius 3 is 2.19 bits per heavy atom. The molecule has 42 heavy (non-hydrogen) atoms. The van der Waals surface area contributed by atoms with Crippen LogP contribution in [-0.4, -0.2) is 25.0 Å². The number of nitrogens with one attached hydrogen (secondary N) is 1. The number of aryl methyl sites for hydroxylation is 2. The van der Waals surface area contributed by atoms with Gasteiger partial charge in [-0.3, -0.25) is 14.9 Å². The Balaban J connectivity index is 1.24. The second-order valence-electron chi connectivity index (χ2n) is 9.84. The van der Waals surface area contributed by atoms with Crippen LogP contribution in [0.4, 0.5) is 10.5 Å². The van der Waals surface area contributed by atoms with E-state index in [-0.39, 0.29) is 5.57 Å². The first-order valence-electron chi connectivity index (χ1n) is 13.4. The van der Waals surface area contributed by atoms with E-state index in [1.165, 1.54) is 6.08 Å². The maximum absolute atomic E-state index is 13.2. The number of hydrogen-bond acceptors (Lipinski definition) is 6. The number of imide groups is 2. The predicted molar refractivity (Wildman–Crippen MR) is 159 cm³/mol. The normalized spacial score (nSPS) is 14.1. The lowest BCUT2D eigenvalue weighted by Crippen LogP contribution is -2.54. The third kappa shape index (κ3) is 6.33. The summed E-state index contributed by atoms with van der Waals surface area (Å²) in [7, 11) is 1.59. The molecule has 1 aliphatic rings. The van der Waals surface area contributed by atoms with E-state index in [1.54, 1.807) is 43.5 Å². The zero-order valence-electron chi connectivity index (χ0n) is 23.5. The number of rotatable bonds is 9. The summed E-state index contributed by atoms with van der Waals surface area (Å²) in [5, 5.41) is 2.26. The molecule has 0 spiro atoms. The van der Waals surface area contributed by atoms with Crippen LogP contribution in [0, 0.1) is 13.8 Å². The van der Waals surface area contributed by atoms with E-state index in [4.69, 9.17) is 14.2 Å². The molecular formula is C34H30N2O6. The van der Waals surface area contributed by atoms with Crippen molar-refractivity contribution in [3.05, 3.63) is 124 Å². The number of benzene rings is 4. The Hall–Kier alpha value is -5.37. The number of hydrogen-bond donors (Lipinski definition) is 1. The summed E-state index contributed by atoms with van der Waals surface area (Å²) >= 11 is 0. The van der Waals surface area contributed by atoms with Gasteiger partial charge < -0.3 is 14.2 Å². The highest BCUT2D eigenvalue weighted by Crippen LogP contribution is 2.30. The van der Waals surface area contributed by atoms with Crippen LogP contribution in [0.25, 0.3) is 6.08 Å². The van der Waals surface area contributed by atoms with E-state index in [0.717, 1.165) is 27.2 Å². The summed E-state index contributed by atoms with van der Waals surface area (Å²) < 4.78 is 17.4. The fourth-order valence-corrected chi connectivity index (χ4v) is 4.41. The van der Waals surface area contributed by atoms with E-state index in [9.17, 15) is 14.4 Å². The zero-order valence-corrected chi connectivity index (χ0v) is 23.5. The topological polar surface area (TPSA) is 94.2 Å². The Morgan fingerprint density at radius 1 is 0.738 bits per heavy atom. The van der Waals surface area contributed by atoms with Crippen molar-refractivity contribution < 1.29 is 28.6 Å². The van der Waals surface area contributed by atoms with E-state index < -0.39 is 17.8 Å². The Bertz CT molecular complexity index is 1660. The van der Waals surface area contributed by atoms with Gasteiger partial charge in [-0.15, -0.1) is 0 Å². The van der Waals surface area contributed by atoms with Crippen LogP contribution in [0.5, 0.6) is 17.2 Å². The summed E-state index contributed by atoms with van der Waals surface area (Å²) in [6, 6.07) is 27.0. The fraction of sp³-hybridized carbons (Fsp3) is 0.147. The lowest BCUT2D eigenvalue weighted by atomic mass is 10.1. The highest BCUT2D eigenvalue weighted by atomic mass is 16.5. The van der Waals surface area contributed by atoms with Crippen molar-refractivity contribution >= 4 is 29.6 Å². The van der Waals surface area contributed by atoms with E-state index >= 15 is 0 Å². The molecule has 0 radical (unpaired) electrons. The van der Waals surface area contributed by atoms with Crippen LogP contribution >= 0.6 is 0 Å². The van der Waals surface area contributed by atoms with Gasteiger partial charge in [0.15, 0.2) is 11.5 Å². The zero-order chi connectivity index (χ0) is 29.6. The molecule has 4 aromatic rings. The van der Waals surface area contributed by atoms with Crippen LogP contribution in [0.1, 0.15) is 27.8 Å². The third-order valence-electron chi connectivity index (χ3n) is 6.91. The molecular weight excluding hydrogens is 532 g/mol. The first-order valence-corrected chi connectivity index (χ1v) is 13.4. The van der Waals surface area contributed by atoms with Gasteiger partial charge in [-0.1, -0.05) is 54.6 Å². The van der Waals surface area contributed by atoms with Crippen molar-refractivity contribution in [3.63, 3.8) is 0 Å². The maximum atomic E-state index is 13.2. The molecule has 5 rings (SSSR count). The standard InChI is InChI=1S/C34H30N2O6/c1-22-9-13-27(17-23(22)2)36-33(38)29(32(37)35-34(36)39)18-24-10-14-28(15-11-24)41-21-26-12-16-30(31(19-26)40-3)42-20-25-7-5-4-6-8-25/h4-19H,20-21H2,1-3H3,(H,35,37,39)/b29-18-. The van der Waals surface area contributed by atoms with Gasteiger partial charge in [0, 0.05) is 0 Å². The van der Waals surface area contributed by atoms with Crippen LogP contribution in [0.3, 0.4) is 0 Å². The summed E-state index contributed by atoms with van der Waals surface area (Å²) in [5.74, 6) is 0.430. The average molecular weight is 563 g/mol. The number of ether oxygens (including phenoxy) is 3. The molecule has 0 saturated carbocycles. The fourth-order valence-electron chi connectivity index (χ4n) is 4.41. The van der Waals surface area contributed by atoms with Crippen molar-refractivity contribution in [2.24, 2.45) is 0 Å². The first kappa shape index (κ1) is 28.2. The van der Waals surface area contributed by atoms with E-state index in [1.807, 2.05) is 68.4 Å². The second-order valence-corrected chi connectivity index (χ2v) is 9.84.